The van der Waals surface area contributed by atoms with Gasteiger partial charge in [0.25, 0.3) is 0 Å². The zero-order chi connectivity index (χ0) is 18.7. The van der Waals surface area contributed by atoms with Gasteiger partial charge in [-0.15, -0.1) is 0 Å². The van der Waals surface area contributed by atoms with Crippen molar-refractivity contribution in [1.82, 2.24) is 0 Å². The van der Waals surface area contributed by atoms with Crippen LogP contribution in [-0.2, 0) is 11.8 Å². The first kappa shape index (κ1) is 19.5. The number of benzene rings is 1. The maximum absolute atomic E-state index is 2.50. The predicted octanol–water partition coefficient (Wildman–Crippen LogP) is 8.23. The summed E-state index contributed by atoms with van der Waals surface area (Å²) in [6, 6.07) is 9.87. The average Bonchev–Trinajstić information content (AvgIpc) is 2.75. The molecule has 4 aliphatic carbocycles. The summed E-state index contributed by atoms with van der Waals surface area (Å²) < 4.78 is 0. The number of unbranched alkanes of at least 4 members (excludes halogenated alkanes) is 1. The number of rotatable bonds is 7. The Hall–Kier alpha value is -0.780. The van der Waals surface area contributed by atoms with Gasteiger partial charge in [-0.2, -0.15) is 0 Å². The molecule has 4 aliphatic rings. The first-order valence-electron chi connectivity index (χ1n) is 12.3. The van der Waals surface area contributed by atoms with Gasteiger partial charge in [-0.3, -0.25) is 0 Å². The highest BCUT2D eigenvalue weighted by atomic mass is 14.6. The van der Waals surface area contributed by atoms with Crippen molar-refractivity contribution in [1.29, 1.82) is 0 Å². The normalized spacial score (nSPS) is 36.1. The summed E-state index contributed by atoms with van der Waals surface area (Å²) in [4.78, 5) is 0. The molecule has 1 aromatic rings. The molecule has 0 saturated heterocycles. The van der Waals surface area contributed by atoms with Crippen LogP contribution in [0.1, 0.15) is 115 Å². The average molecular weight is 367 g/mol. The Kier molecular flexibility index (Phi) is 6.00. The summed E-state index contributed by atoms with van der Waals surface area (Å²) in [5, 5.41) is 0. The maximum Gasteiger partial charge on any atom is -0.00463 e. The molecule has 1 aromatic carbocycles. The highest BCUT2D eigenvalue weighted by Crippen LogP contribution is 2.62. The molecular formula is C27H42. The van der Waals surface area contributed by atoms with Gasteiger partial charge in [0.05, 0.1) is 0 Å². The fraction of sp³-hybridized carbons (Fsp3) is 0.778. The van der Waals surface area contributed by atoms with Crippen LogP contribution < -0.4 is 0 Å². The van der Waals surface area contributed by atoms with Crippen molar-refractivity contribution in [3.63, 3.8) is 0 Å². The quantitative estimate of drug-likeness (QED) is 0.456. The SMILES string of the molecule is CCCCc1ccc(C23CCC([C@H]4CC[C@H](CCC)CC4)(CC2)CC3)cc1. The molecule has 0 heterocycles. The smallest absolute Gasteiger partial charge is 0.00463 e. The summed E-state index contributed by atoms with van der Waals surface area (Å²) in [5.41, 5.74) is 4.48. The zero-order valence-electron chi connectivity index (χ0n) is 18.1. The van der Waals surface area contributed by atoms with Crippen molar-refractivity contribution in [2.45, 2.75) is 116 Å². The van der Waals surface area contributed by atoms with Crippen LogP contribution in [0.15, 0.2) is 24.3 Å². The van der Waals surface area contributed by atoms with Gasteiger partial charge >= 0.3 is 0 Å². The van der Waals surface area contributed by atoms with Gasteiger partial charge in [0, 0.05) is 0 Å². The lowest BCUT2D eigenvalue weighted by atomic mass is 9.47. The first-order chi connectivity index (χ1) is 13.2. The molecule has 0 radical (unpaired) electrons. The Labute approximate surface area is 168 Å². The van der Waals surface area contributed by atoms with Crippen molar-refractivity contribution >= 4 is 0 Å². The molecule has 0 heteroatoms. The lowest BCUT2D eigenvalue weighted by molar-refractivity contribution is -0.0294. The summed E-state index contributed by atoms with van der Waals surface area (Å²) in [6.45, 7) is 4.66. The van der Waals surface area contributed by atoms with Crippen molar-refractivity contribution in [2.75, 3.05) is 0 Å². The number of aryl methyl sites for hydroxylation is 1. The molecule has 0 aromatic heterocycles. The van der Waals surface area contributed by atoms with Crippen molar-refractivity contribution in [3.8, 4) is 0 Å². The van der Waals surface area contributed by atoms with Crippen LogP contribution >= 0.6 is 0 Å². The summed E-state index contributed by atoms with van der Waals surface area (Å²) in [5.74, 6) is 2.11. The monoisotopic (exact) mass is 366 g/mol. The van der Waals surface area contributed by atoms with E-state index in [4.69, 9.17) is 0 Å². The summed E-state index contributed by atoms with van der Waals surface area (Å²) >= 11 is 0. The molecule has 0 unspecified atom stereocenters. The number of hydrogen-bond acceptors (Lipinski definition) is 0. The minimum atomic E-state index is 0.532. The van der Waals surface area contributed by atoms with Crippen LogP contribution in [0.4, 0.5) is 0 Å². The molecule has 0 N–H and O–H groups in total. The van der Waals surface area contributed by atoms with E-state index in [1.54, 1.807) is 24.0 Å². The van der Waals surface area contributed by atoms with Crippen LogP contribution in [0.5, 0.6) is 0 Å². The van der Waals surface area contributed by atoms with E-state index < -0.39 is 0 Å². The van der Waals surface area contributed by atoms with E-state index in [1.165, 1.54) is 83.5 Å². The minimum absolute atomic E-state index is 0.532. The molecule has 0 spiro atoms. The second kappa shape index (κ2) is 8.30. The Morgan fingerprint density at radius 2 is 1.41 bits per heavy atom. The van der Waals surface area contributed by atoms with Gasteiger partial charge in [-0.1, -0.05) is 70.2 Å². The van der Waals surface area contributed by atoms with Gasteiger partial charge in [-0.05, 0) is 98.0 Å². The van der Waals surface area contributed by atoms with E-state index in [1.807, 2.05) is 0 Å². The van der Waals surface area contributed by atoms with Gasteiger partial charge in [0.2, 0.25) is 0 Å². The lowest BCUT2D eigenvalue weighted by Gasteiger charge is -2.58. The van der Waals surface area contributed by atoms with Crippen molar-refractivity contribution in [2.24, 2.45) is 17.3 Å². The van der Waals surface area contributed by atoms with E-state index >= 15 is 0 Å². The molecule has 4 fully saturated rings. The highest BCUT2D eigenvalue weighted by Gasteiger charge is 2.52. The third kappa shape index (κ3) is 3.88. The van der Waals surface area contributed by atoms with E-state index in [2.05, 4.69) is 38.1 Å². The van der Waals surface area contributed by atoms with Crippen molar-refractivity contribution in [3.05, 3.63) is 35.4 Å². The van der Waals surface area contributed by atoms with Crippen LogP contribution in [0, 0.1) is 17.3 Å². The standard InChI is InChI=1S/C27H42/c1-3-5-7-23-10-14-25(15-11-23)27-19-16-26(17-20-27,18-21-27)24-12-8-22(6-4-2)9-13-24/h10-11,14-15,22,24H,3-9,12-13,16-21H2,1-2H3/t22-,24-,26?,27?. The molecule has 27 heavy (non-hydrogen) atoms. The van der Waals surface area contributed by atoms with Crippen LogP contribution in [0.25, 0.3) is 0 Å². The second-order valence-corrected chi connectivity index (χ2v) is 10.4. The number of fused-ring (bicyclic) bond motifs is 3. The first-order valence-corrected chi connectivity index (χ1v) is 12.3. The second-order valence-electron chi connectivity index (χ2n) is 10.4. The van der Waals surface area contributed by atoms with E-state index in [0.717, 1.165) is 17.3 Å². The topological polar surface area (TPSA) is 0 Å². The van der Waals surface area contributed by atoms with Gasteiger partial charge < -0.3 is 0 Å². The van der Waals surface area contributed by atoms with Crippen LogP contribution in [-0.4, -0.2) is 0 Å². The molecule has 0 aliphatic heterocycles. The molecule has 0 nitrogen and oxygen atoms in total. The number of hydrogen-bond donors (Lipinski definition) is 0. The maximum atomic E-state index is 2.50. The Balaban J connectivity index is 1.38. The van der Waals surface area contributed by atoms with Gasteiger partial charge in [0.15, 0.2) is 0 Å². The largest absolute Gasteiger partial charge is 0.0654 e. The summed E-state index contributed by atoms with van der Waals surface area (Å²) in [7, 11) is 0. The van der Waals surface area contributed by atoms with E-state index in [-0.39, 0.29) is 0 Å². The van der Waals surface area contributed by atoms with Crippen LogP contribution in [0.2, 0.25) is 0 Å². The Morgan fingerprint density at radius 3 is 1.96 bits per heavy atom. The minimum Gasteiger partial charge on any atom is -0.0654 e. The van der Waals surface area contributed by atoms with E-state index in [9.17, 15) is 0 Å². The molecule has 150 valence electrons. The molecule has 0 amide bonds. The highest BCUT2D eigenvalue weighted by molar-refractivity contribution is 5.31. The molecule has 5 rings (SSSR count). The fourth-order valence-corrected chi connectivity index (χ4v) is 7.14. The van der Waals surface area contributed by atoms with E-state index in [0.29, 0.717) is 5.41 Å². The van der Waals surface area contributed by atoms with Crippen molar-refractivity contribution < 1.29 is 0 Å². The predicted molar refractivity (Wildman–Crippen MR) is 117 cm³/mol. The molecule has 2 bridgehead atoms. The van der Waals surface area contributed by atoms with Crippen LogP contribution in [0.3, 0.4) is 0 Å². The Morgan fingerprint density at radius 1 is 0.778 bits per heavy atom. The molecular weight excluding hydrogens is 324 g/mol. The third-order valence-electron chi connectivity index (χ3n) is 9.10. The van der Waals surface area contributed by atoms with Gasteiger partial charge in [0.1, 0.15) is 0 Å². The lowest BCUT2D eigenvalue weighted by Crippen LogP contribution is -2.48. The van der Waals surface area contributed by atoms with Gasteiger partial charge in [-0.25, -0.2) is 0 Å². The molecule has 0 atom stereocenters. The summed E-state index contributed by atoms with van der Waals surface area (Å²) in [6.07, 6.45) is 21.9. The zero-order valence-corrected chi connectivity index (χ0v) is 18.1. The fourth-order valence-electron chi connectivity index (χ4n) is 7.14. The third-order valence-corrected chi connectivity index (χ3v) is 9.10. The Bertz CT molecular complexity index is 562. The molecule has 4 saturated carbocycles.